The number of carbonyl (C=O) groups is 3. The molecule has 2 aliphatic rings. The summed E-state index contributed by atoms with van der Waals surface area (Å²) in [5.41, 5.74) is -0.180. The van der Waals surface area contributed by atoms with E-state index in [0.717, 1.165) is 33.9 Å². The molecular formula is C17H22N2O3S. The van der Waals surface area contributed by atoms with Crippen LogP contribution in [0.15, 0.2) is 6.07 Å². The van der Waals surface area contributed by atoms with Crippen LogP contribution in [0.25, 0.3) is 0 Å². The molecule has 1 aromatic rings. The number of rotatable bonds is 3. The third kappa shape index (κ3) is 2.59. The van der Waals surface area contributed by atoms with E-state index in [1.807, 2.05) is 26.8 Å². The predicted octanol–water partition coefficient (Wildman–Crippen LogP) is 3.05. The van der Waals surface area contributed by atoms with Crippen molar-refractivity contribution in [3.8, 4) is 0 Å². The highest BCUT2D eigenvalue weighted by atomic mass is 32.1. The molecular weight excluding hydrogens is 312 g/mol. The minimum Gasteiger partial charge on any atom is -0.323 e. The fourth-order valence-electron chi connectivity index (χ4n) is 3.78. The van der Waals surface area contributed by atoms with Crippen molar-refractivity contribution in [2.45, 2.75) is 52.0 Å². The van der Waals surface area contributed by atoms with Gasteiger partial charge in [0.2, 0.25) is 0 Å². The number of amides is 3. The lowest BCUT2D eigenvalue weighted by atomic mass is 9.73. The van der Waals surface area contributed by atoms with E-state index in [4.69, 9.17) is 0 Å². The van der Waals surface area contributed by atoms with Crippen LogP contribution in [-0.2, 0) is 4.79 Å². The van der Waals surface area contributed by atoms with Gasteiger partial charge in [0, 0.05) is 15.3 Å². The van der Waals surface area contributed by atoms with Crippen molar-refractivity contribution < 1.29 is 14.4 Å². The summed E-state index contributed by atoms with van der Waals surface area (Å²) < 4.78 is 0. The molecule has 1 aromatic heterocycles. The lowest BCUT2D eigenvalue weighted by Gasteiger charge is -2.36. The first-order valence-electron chi connectivity index (χ1n) is 8.09. The van der Waals surface area contributed by atoms with Gasteiger partial charge in [-0.25, -0.2) is 4.79 Å². The molecule has 1 saturated carbocycles. The number of nitrogens with zero attached hydrogens (tertiary/aromatic N) is 1. The molecule has 1 aliphatic carbocycles. The second-order valence-corrected chi connectivity index (χ2v) is 8.15. The van der Waals surface area contributed by atoms with Crippen molar-refractivity contribution >= 4 is 29.1 Å². The van der Waals surface area contributed by atoms with Crippen molar-refractivity contribution in [1.82, 2.24) is 10.2 Å². The summed E-state index contributed by atoms with van der Waals surface area (Å²) in [6.45, 7) is 5.67. The lowest BCUT2D eigenvalue weighted by molar-refractivity contribution is -0.133. The monoisotopic (exact) mass is 334 g/mol. The molecule has 3 rings (SSSR count). The molecule has 0 bridgehead atoms. The quantitative estimate of drug-likeness (QED) is 0.682. The summed E-state index contributed by atoms with van der Waals surface area (Å²) in [6.07, 6.45) is 3.61. The fraction of sp³-hybridized carbons (Fsp3) is 0.588. The lowest BCUT2D eigenvalue weighted by Crippen LogP contribution is -2.54. The third-order valence-corrected chi connectivity index (χ3v) is 6.11. The van der Waals surface area contributed by atoms with Crippen molar-refractivity contribution in [3.05, 3.63) is 21.4 Å². The number of hydrogen-bond donors (Lipinski definition) is 1. The highest BCUT2D eigenvalue weighted by molar-refractivity contribution is 7.12. The van der Waals surface area contributed by atoms with E-state index in [-0.39, 0.29) is 24.2 Å². The average Bonchev–Trinajstić information content (AvgIpc) is 2.95. The topological polar surface area (TPSA) is 66.5 Å². The Kier molecular flexibility index (Phi) is 4.04. The van der Waals surface area contributed by atoms with Gasteiger partial charge in [-0.1, -0.05) is 19.8 Å². The second kappa shape index (κ2) is 5.74. The molecule has 23 heavy (non-hydrogen) atoms. The van der Waals surface area contributed by atoms with Crippen LogP contribution in [0.2, 0.25) is 0 Å². The maximum Gasteiger partial charge on any atom is 0.325 e. The van der Waals surface area contributed by atoms with E-state index in [1.54, 1.807) is 11.3 Å². The number of ketones is 1. The Balaban J connectivity index is 1.81. The van der Waals surface area contributed by atoms with Crippen LogP contribution < -0.4 is 5.32 Å². The van der Waals surface area contributed by atoms with Crippen molar-refractivity contribution in [3.63, 3.8) is 0 Å². The highest BCUT2D eigenvalue weighted by Crippen LogP contribution is 2.38. The number of aryl methyl sites for hydroxylation is 2. The summed E-state index contributed by atoms with van der Waals surface area (Å²) >= 11 is 1.55. The first-order chi connectivity index (χ1) is 10.8. The molecule has 5 nitrogen and oxygen atoms in total. The van der Waals surface area contributed by atoms with Gasteiger partial charge in [-0.15, -0.1) is 11.3 Å². The normalized spacial score (nSPS) is 27.6. The minimum atomic E-state index is -0.796. The van der Waals surface area contributed by atoms with Crippen LogP contribution in [0, 0.1) is 19.8 Å². The maximum atomic E-state index is 12.9. The Bertz CT molecular complexity index is 681. The van der Waals surface area contributed by atoms with E-state index < -0.39 is 11.6 Å². The summed E-state index contributed by atoms with van der Waals surface area (Å²) in [5.74, 6) is -0.290. The van der Waals surface area contributed by atoms with Crippen LogP contribution >= 0.6 is 11.3 Å². The van der Waals surface area contributed by atoms with Crippen LogP contribution in [0.3, 0.4) is 0 Å². The van der Waals surface area contributed by atoms with E-state index >= 15 is 0 Å². The van der Waals surface area contributed by atoms with E-state index in [9.17, 15) is 14.4 Å². The molecule has 1 spiro atoms. The number of thiophene rings is 1. The van der Waals surface area contributed by atoms with Crippen molar-refractivity contribution in [2.24, 2.45) is 5.92 Å². The standard InChI is InChI=1S/C17H22N2O3S/c1-10-6-4-5-7-17(10)15(21)19(16(22)18-17)9-14(20)13-8-11(2)23-12(13)3/h8,10H,4-7,9H2,1-3H3,(H,18,22)/t10-,17-/m1/s1. The summed E-state index contributed by atoms with van der Waals surface area (Å²) in [4.78, 5) is 40.8. The summed E-state index contributed by atoms with van der Waals surface area (Å²) in [5, 5.41) is 2.88. The van der Waals surface area contributed by atoms with Gasteiger partial charge >= 0.3 is 6.03 Å². The zero-order chi connectivity index (χ0) is 16.8. The van der Waals surface area contributed by atoms with Crippen molar-refractivity contribution in [2.75, 3.05) is 6.54 Å². The molecule has 1 aliphatic heterocycles. The van der Waals surface area contributed by atoms with Crippen LogP contribution in [0.4, 0.5) is 4.79 Å². The van der Waals surface area contributed by atoms with Gasteiger partial charge in [-0.05, 0) is 38.7 Å². The van der Waals surface area contributed by atoms with Gasteiger partial charge in [0.15, 0.2) is 5.78 Å². The maximum absolute atomic E-state index is 12.9. The molecule has 2 atom stereocenters. The molecule has 3 amide bonds. The van der Waals surface area contributed by atoms with Gasteiger partial charge in [0.25, 0.3) is 5.91 Å². The van der Waals surface area contributed by atoms with Gasteiger partial charge in [0.1, 0.15) is 5.54 Å². The van der Waals surface area contributed by atoms with Gasteiger partial charge < -0.3 is 5.32 Å². The molecule has 6 heteroatoms. The second-order valence-electron chi connectivity index (χ2n) is 6.69. The Morgan fingerprint density at radius 1 is 1.39 bits per heavy atom. The summed E-state index contributed by atoms with van der Waals surface area (Å²) in [6, 6.07) is 1.40. The first kappa shape index (κ1) is 16.2. The van der Waals surface area contributed by atoms with Crippen LogP contribution in [0.1, 0.15) is 52.7 Å². The Hall–Kier alpha value is -1.69. The SMILES string of the molecule is Cc1cc(C(=O)CN2C(=O)N[C@@]3(CCCC[C@H]3C)C2=O)c(C)s1. The predicted molar refractivity (Wildman–Crippen MR) is 88.7 cm³/mol. The van der Waals surface area contributed by atoms with E-state index in [1.165, 1.54) is 0 Å². The smallest absolute Gasteiger partial charge is 0.323 e. The zero-order valence-electron chi connectivity index (χ0n) is 13.8. The minimum absolute atomic E-state index is 0.109. The van der Waals surface area contributed by atoms with Gasteiger partial charge in [-0.3, -0.25) is 14.5 Å². The fourth-order valence-corrected chi connectivity index (χ4v) is 4.72. The number of urea groups is 1. The molecule has 0 aromatic carbocycles. The van der Waals surface area contributed by atoms with Crippen LogP contribution in [-0.4, -0.2) is 34.7 Å². The number of nitrogens with one attached hydrogen (secondary N) is 1. The molecule has 124 valence electrons. The number of Topliss-reactive ketones (excluding diaryl/α,β-unsaturated/α-hetero) is 1. The molecule has 0 radical (unpaired) electrons. The van der Waals surface area contributed by atoms with E-state index in [2.05, 4.69) is 5.32 Å². The summed E-state index contributed by atoms with van der Waals surface area (Å²) in [7, 11) is 0. The van der Waals surface area contributed by atoms with Gasteiger partial charge in [0.05, 0.1) is 6.54 Å². The van der Waals surface area contributed by atoms with Crippen LogP contribution in [0.5, 0.6) is 0 Å². The molecule has 1 N–H and O–H groups in total. The Labute approximate surface area is 140 Å². The van der Waals surface area contributed by atoms with Crippen molar-refractivity contribution in [1.29, 1.82) is 0 Å². The zero-order valence-corrected chi connectivity index (χ0v) is 14.6. The molecule has 2 heterocycles. The molecule has 1 saturated heterocycles. The Morgan fingerprint density at radius 3 is 2.74 bits per heavy atom. The molecule has 2 fully saturated rings. The number of hydrogen-bond acceptors (Lipinski definition) is 4. The number of imide groups is 1. The van der Waals surface area contributed by atoms with Gasteiger partial charge in [-0.2, -0.15) is 0 Å². The molecule has 0 unspecified atom stereocenters. The van der Waals surface area contributed by atoms with E-state index in [0.29, 0.717) is 12.0 Å². The largest absolute Gasteiger partial charge is 0.325 e. The Morgan fingerprint density at radius 2 is 2.13 bits per heavy atom. The third-order valence-electron chi connectivity index (χ3n) is 5.14. The number of carbonyl (C=O) groups excluding carboxylic acids is 3. The first-order valence-corrected chi connectivity index (χ1v) is 8.91. The highest BCUT2D eigenvalue weighted by Gasteiger charge is 2.55. The average molecular weight is 334 g/mol.